The lowest BCUT2D eigenvalue weighted by Gasteiger charge is -2.31. The molecular formula is C24H25N5O3. The number of hydrogen-bond acceptors (Lipinski definition) is 5. The number of urea groups is 1. The molecule has 0 bridgehead atoms. The van der Waals surface area contributed by atoms with Gasteiger partial charge in [0.15, 0.2) is 0 Å². The van der Waals surface area contributed by atoms with Crippen LogP contribution in [0.5, 0.6) is 0 Å². The maximum Gasteiger partial charge on any atom is 0.337 e. The number of nitrogens with zero attached hydrogens (tertiary/aromatic N) is 4. The molecule has 0 spiro atoms. The molecule has 1 aromatic heterocycles. The summed E-state index contributed by atoms with van der Waals surface area (Å²) in [6, 6.07) is 18.6. The first-order chi connectivity index (χ1) is 15.6. The lowest BCUT2D eigenvalue weighted by Crippen LogP contribution is -2.46. The Labute approximate surface area is 186 Å². The van der Waals surface area contributed by atoms with Crippen molar-refractivity contribution in [1.82, 2.24) is 25.2 Å². The minimum Gasteiger partial charge on any atom is -0.463 e. The van der Waals surface area contributed by atoms with Crippen LogP contribution >= 0.6 is 0 Å². The quantitative estimate of drug-likeness (QED) is 0.554. The van der Waals surface area contributed by atoms with E-state index in [9.17, 15) is 9.59 Å². The van der Waals surface area contributed by atoms with Gasteiger partial charge in [0, 0.05) is 25.4 Å². The van der Waals surface area contributed by atoms with Crippen LogP contribution in [0.15, 0.2) is 78.6 Å². The fraction of sp³-hybridized carbons (Fsp3) is 0.250. The molecule has 1 unspecified atom stereocenters. The Morgan fingerprint density at radius 1 is 1.09 bits per heavy atom. The van der Waals surface area contributed by atoms with Gasteiger partial charge in [0.1, 0.15) is 0 Å². The molecule has 32 heavy (non-hydrogen) atoms. The van der Waals surface area contributed by atoms with Gasteiger partial charge >= 0.3 is 12.0 Å². The smallest absolute Gasteiger partial charge is 0.337 e. The lowest BCUT2D eigenvalue weighted by atomic mass is 9.98. The van der Waals surface area contributed by atoms with Gasteiger partial charge in [0.2, 0.25) is 0 Å². The number of esters is 1. The first-order valence-corrected chi connectivity index (χ1v) is 10.6. The highest BCUT2D eigenvalue weighted by atomic mass is 16.5. The maximum atomic E-state index is 12.7. The summed E-state index contributed by atoms with van der Waals surface area (Å²) in [5.41, 5.74) is 3.12. The second kappa shape index (κ2) is 9.91. The van der Waals surface area contributed by atoms with Crippen molar-refractivity contribution < 1.29 is 14.3 Å². The number of benzene rings is 2. The zero-order valence-electron chi connectivity index (χ0n) is 17.8. The Morgan fingerprint density at radius 3 is 2.53 bits per heavy atom. The van der Waals surface area contributed by atoms with Gasteiger partial charge in [-0.2, -0.15) is 0 Å². The third-order valence-electron chi connectivity index (χ3n) is 5.16. The molecule has 1 aliphatic heterocycles. The number of nitrogens with one attached hydrogen (secondary N) is 1. The van der Waals surface area contributed by atoms with Gasteiger partial charge in [-0.1, -0.05) is 65.9 Å². The van der Waals surface area contributed by atoms with Crippen molar-refractivity contribution in [3.05, 3.63) is 95.5 Å². The van der Waals surface area contributed by atoms with Gasteiger partial charge in [-0.25, -0.2) is 14.3 Å². The number of aromatic nitrogens is 3. The van der Waals surface area contributed by atoms with Crippen LogP contribution in [0.25, 0.3) is 0 Å². The standard InChI is InChI=1S/C24H25N5O3/c1-2-32-23(30)21-17-28(24(31)25-22(21)19-11-7-4-8-12-19)14-13-20-16-29(27-26-20)15-18-9-5-3-6-10-18/h3-12,16-17,22H,2,13-15H2,1H3,(H,25,31). The largest absolute Gasteiger partial charge is 0.463 e. The summed E-state index contributed by atoms with van der Waals surface area (Å²) in [5.74, 6) is -0.444. The lowest BCUT2D eigenvalue weighted by molar-refractivity contribution is -0.139. The van der Waals surface area contributed by atoms with E-state index in [-0.39, 0.29) is 12.6 Å². The molecule has 2 heterocycles. The van der Waals surface area contributed by atoms with Crippen LogP contribution < -0.4 is 5.32 Å². The number of carbonyl (C=O) groups excluding carboxylic acids is 2. The number of hydrogen-bond donors (Lipinski definition) is 1. The van der Waals surface area contributed by atoms with E-state index in [0.29, 0.717) is 25.1 Å². The molecule has 0 radical (unpaired) electrons. The summed E-state index contributed by atoms with van der Waals surface area (Å²) in [5, 5.41) is 11.3. The molecule has 8 nitrogen and oxygen atoms in total. The van der Waals surface area contributed by atoms with Crippen LogP contribution in [0.1, 0.15) is 29.8 Å². The number of carbonyl (C=O) groups is 2. The van der Waals surface area contributed by atoms with Crippen LogP contribution in [-0.2, 0) is 22.5 Å². The molecule has 1 atom stereocenters. The van der Waals surface area contributed by atoms with Gasteiger partial charge in [-0.3, -0.25) is 0 Å². The monoisotopic (exact) mass is 431 g/mol. The summed E-state index contributed by atoms with van der Waals surface area (Å²) < 4.78 is 7.00. The molecule has 0 fully saturated rings. The van der Waals surface area contributed by atoms with Crippen molar-refractivity contribution >= 4 is 12.0 Å². The van der Waals surface area contributed by atoms with Crippen molar-refractivity contribution in [2.24, 2.45) is 0 Å². The second-order valence-corrected chi connectivity index (χ2v) is 7.43. The predicted octanol–water partition coefficient (Wildman–Crippen LogP) is 3.08. The van der Waals surface area contributed by atoms with Crippen molar-refractivity contribution in [2.45, 2.75) is 25.9 Å². The highest BCUT2D eigenvalue weighted by Crippen LogP contribution is 2.27. The van der Waals surface area contributed by atoms with E-state index < -0.39 is 12.0 Å². The Bertz CT molecular complexity index is 1100. The highest BCUT2D eigenvalue weighted by molar-refractivity contribution is 5.93. The molecule has 1 N–H and O–H groups in total. The van der Waals surface area contributed by atoms with Gasteiger partial charge in [0.05, 0.1) is 30.5 Å². The second-order valence-electron chi connectivity index (χ2n) is 7.43. The molecule has 0 saturated carbocycles. The Hall–Kier alpha value is -3.94. The number of ether oxygens (including phenoxy) is 1. The van der Waals surface area contributed by atoms with Gasteiger partial charge < -0.3 is 15.0 Å². The molecule has 2 amide bonds. The summed E-state index contributed by atoms with van der Waals surface area (Å²) in [4.78, 5) is 26.8. The van der Waals surface area contributed by atoms with E-state index in [2.05, 4.69) is 15.6 Å². The van der Waals surface area contributed by atoms with Gasteiger partial charge in [0.25, 0.3) is 0 Å². The number of amides is 2. The molecule has 1 aliphatic rings. The maximum absolute atomic E-state index is 12.7. The van der Waals surface area contributed by atoms with E-state index in [1.807, 2.05) is 66.9 Å². The van der Waals surface area contributed by atoms with Crippen molar-refractivity contribution in [2.75, 3.05) is 13.2 Å². The Balaban J connectivity index is 1.46. The topological polar surface area (TPSA) is 89.3 Å². The summed E-state index contributed by atoms with van der Waals surface area (Å²) >= 11 is 0. The SMILES string of the molecule is CCOC(=O)C1=CN(CCc2cn(Cc3ccccc3)nn2)C(=O)NC1c1ccccc1. The number of rotatable bonds is 8. The summed E-state index contributed by atoms with van der Waals surface area (Å²) in [6.45, 7) is 3.01. The van der Waals surface area contributed by atoms with Gasteiger partial charge in [-0.05, 0) is 18.1 Å². The molecule has 4 rings (SSSR count). The highest BCUT2D eigenvalue weighted by Gasteiger charge is 2.32. The predicted molar refractivity (Wildman–Crippen MR) is 118 cm³/mol. The molecule has 3 aromatic rings. The van der Waals surface area contributed by atoms with Crippen molar-refractivity contribution in [1.29, 1.82) is 0 Å². The van der Waals surface area contributed by atoms with E-state index in [0.717, 1.165) is 16.8 Å². The van der Waals surface area contributed by atoms with Crippen LogP contribution in [0, 0.1) is 0 Å². The van der Waals surface area contributed by atoms with E-state index >= 15 is 0 Å². The van der Waals surface area contributed by atoms with E-state index in [4.69, 9.17) is 4.74 Å². The third kappa shape index (κ3) is 5.03. The third-order valence-corrected chi connectivity index (χ3v) is 5.16. The molecule has 2 aromatic carbocycles. The van der Waals surface area contributed by atoms with Gasteiger partial charge in [-0.15, -0.1) is 5.10 Å². The van der Waals surface area contributed by atoms with Crippen LogP contribution in [0.3, 0.4) is 0 Å². The van der Waals surface area contributed by atoms with E-state index in [1.165, 1.54) is 4.90 Å². The molecule has 0 aliphatic carbocycles. The zero-order valence-corrected chi connectivity index (χ0v) is 17.8. The zero-order chi connectivity index (χ0) is 22.3. The summed E-state index contributed by atoms with van der Waals surface area (Å²) in [7, 11) is 0. The first-order valence-electron chi connectivity index (χ1n) is 10.6. The molecular weight excluding hydrogens is 406 g/mol. The van der Waals surface area contributed by atoms with Crippen LogP contribution in [-0.4, -0.2) is 45.0 Å². The van der Waals surface area contributed by atoms with Crippen molar-refractivity contribution in [3.8, 4) is 0 Å². The summed E-state index contributed by atoms with van der Waals surface area (Å²) in [6.07, 6.45) is 3.96. The van der Waals surface area contributed by atoms with E-state index in [1.54, 1.807) is 17.8 Å². The van der Waals surface area contributed by atoms with Crippen molar-refractivity contribution in [3.63, 3.8) is 0 Å². The average molecular weight is 431 g/mol. The average Bonchev–Trinajstić information content (AvgIpc) is 3.26. The molecule has 0 saturated heterocycles. The Morgan fingerprint density at radius 2 is 1.81 bits per heavy atom. The fourth-order valence-corrected chi connectivity index (χ4v) is 3.58. The minimum absolute atomic E-state index is 0.260. The Kier molecular flexibility index (Phi) is 6.60. The van der Waals surface area contributed by atoms with Crippen LogP contribution in [0.4, 0.5) is 4.79 Å². The minimum atomic E-state index is -0.550. The molecule has 8 heteroatoms. The normalized spacial score (nSPS) is 15.8. The fourth-order valence-electron chi connectivity index (χ4n) is 3.58. The first kappa shape index (κ1) is 21.3. The van der Waals surface area contributed by atoms with Crippen LogP contribution in [0.2, 0.25) is 0 Å². The molecule has 164 valence electrons.